The Bertz CT molecular complexity index is 608. The molecular weight excluding hydrogens is 261 g/mol. The van der Waals surface area contributed by atoms with Crippen LogP contribution in [0.3, 0.4) is 0 Å². The molecule has 0 aromatic heterocycles. The van der Waals surface area contributed by atoms with Gasteiger partial charge in [-0.15, -0.1) is 0 Å². The molecular formula is C17H13F3. The number of halogens is 3. The highest BCUT2D eigenvalue weighted by molar-refractivity contribution is 5.75. The van der Waals surface area contributed by atoms with Crippen LogP contribution < -0.4 is 0 Å². The molecule has 102 valence electrons. The molecule has 2 rings (SSSR count). The minimum Gasteiger partial charge on any atom is -0.167 e. The second-order valence-electron chi connectivity index (χ2n) is 4.25. The Morgan fingerprint density at radius 2 is 1.20 bits per heavy atom. The summed E-state index contributed by atoms with van der Waals surface area (Å²) in [5.74, 6) is 0. The lowest BCUT2D eigenvalue weighted by atomic mass is 10.1. The first kappa shape index (κ1) is 14.1. The Labute approximate surface area is 115 Å². The number of benzene rings is 2. The van der Waals surface area contributed by atoms with Gasteiger partial charge in [0.05, 0.1) is 0 Å². The van der Waals surface area contributed by atoms with Gasteiger partial charge in [-0.2, -0.15) is 13.2 Å². The predicted octanol–water partition coefficient (Wildman–Crippen LogP) is 5.43. The van der Waals surface area contributed by atoms with E-state index in [1.54, 1.807) is 24.3 Å². The van der Waals surface area contributed by atoms with Crippen molar-refractivity contribution in [1.29, 1.82) is 0 Å². The summed E-state index contributed by atoms with van der Waals surface area (Å²) in [6.07, 6.45) is 0.731. The van der Waals surface area contributed by atoms with E-state index in [4.69, 9.17) is 0 Å². The molecule has 0 unspecified atom stereocenters. The van der Waals surface area contributed by atoms with Crippen LogP contribution in [0.15, 0.2) is 60.7 Å². The normalized spacial score (nSPS) is 12.3. The van der Waals surface area contributed by atoms with Crippen LogP contribution in [0.1, 0.15) is 16.7 Å². The first-order valence-electron chi connectivity index (χ1n) is 6.13. The van der Waals surface area contributed by atoms with E-state index in [0.29, 0.717) is 5.56 Å². The highest BCUT2D eigenvalue weighted by Gasteiger charge is 2.21. The number of allylic oxidation sites excluding steroid dienone is 1. The molecule has 0 fully saturated rings. The fraction of sp³-hybridized carbons (Fsp3) is 0.0588. The third-order valence-corrected chi connectivity index (χ3v) is 2.70. The van der Waals surface area contributed by atoms with Gasteiger partial charge in [0.1, 0.15) is 0 Å². The lowest BCUT2D eigenvalue weighted by molar-refractivity contribution is -0.0790. The van der Waals surface area contributed by atoms with E-state index >= 15 is 0 Å². The van der Waals surface area contributed by atoms with Crippen LogP contribution in [-0.4, -0.2) is 6.18 Å². The van der Waals surface area contributed by atoms with Gasteiger partial charge >= 0.3 is 6.18 Å². The molecule has 2 aromatic rings. The third kappa shape index (κ3) is 4.43. The Morgan fingerprint density at radius 3 is 1.80 bits per heavy atom. The van der Waals surface area contributed by atoms with E-state index in [1.165, 1.54) is 0 Å². The number of hydrogen-bond acceptors (Lipinski definition) is 0. The van der Waals surface area contributed by atoms with Crippen molar-refractivity contribution in [2.75, 3.05) is 0 Å². The molecule has 0 radical (unpaired) electrons. The molecule has 0 saturated carbocycles. The van der Waals surface area contributed by atoms with Crippen molar-refractivity contribution in [3.63, 3.8) is 0 Å². The van der Waals surface area contributed by atoms with Gasteiger partial charge in [-0.25, -0.2) is 0 Å². The van der Waals surface area contributed by atoms with Crippen LogP contribution in [-0.2, 0) is 0 Å². The van der Waals surface area contributed by atoms with Gasteiger partial charge in [0.15, 0.2) is 0 Å². The monoisotopic (exact) mass is 274 g/mol. The largest absolute Gasteiger partial charge is 0.409 e. The zero-order valence-corrected chi connectivity index (χ0v) is 10.6. The smallest absolute Gasteiger partial charge is 0.167 e. The van der Waals surface area contributed by atoms with Gasteiger partial charge in [0, 0.05) is 6.08 Å². The summed E-state index contributed by atoms with van der Waals surface area (Å²) >= 11 is 0. The van der Waals surface area contributed by atoms with Gasteiger partial charge in [-0.1, -0.05) is 66.7 Å². The number of hydrogen-bond donors (Lipinski definition) is 0. The van der Waals surface area contributed by atoms with Crippen molar-refractivity contribution in [3.8, 4) is 0 Å². The Balaban J connectivity index is 2.25. The lowest BCUT2D eigenvalue weighted by Gasteiger charge is -2.02. The molecule has 0 spiro atoms. The minimum absolute atomic E-state index is 0.252. The van der Waals surface area contributed by atoms with E-state index in [0.717, 1.165) is 17.2 Å². The van der Waals surface area contributed by atoms with E-state index in [2.05, 4.69) is 0 Å². The van der Waals surface area contributed by atoms with Crippen molar-refractivity contribution in [3.05, 3.63) is 77.4 Å². The molecule has 0 aliphatic heterocycles. The molecule has 0 aliphatic carbocycles. The summed E-state index contributed by atoms with van der Waals surface area (Å²) < 4.78 is 36.7. The van der Waals surface area contributed by atoms with E-state index in [9.17, 15) is 13.2 Å². The number of alkyl halides is 3. The van der Waals surface area contributed by atoms with Gasteiger partial charge in [0.2, 0.25) is 0 Å². The van der Waals surface area contributed by atoms with E-state index in [1.807, 2.05) is 42.5 Å². The molecule has 3 heteroatoms. The van der Waals surface area contributed by atoms with Crippen LogP contribution >= 0.6 is 0 Å². The maximum absolute atomic E-state index is 12.2. The summed E-state index contributed by atoms with van der Waals surface area (Å²) in [6.45, 7) is 0. The summed E-state index contributed by atoms with van der Waals surface area (Å²) in [5.41, 5.74) is 2.29. The fourth-order valence-electron chi connectivity index (χ4n) is 1.75. The SMILES string of the molecule is FC(F)(F)C=Cc1ccccc1C=Cc1ccccc1. The van der Waals surface area contributed by atoms with E-state index in [-0.39, 0.29) is 6.08 Å². The van der Waals surface area contributed by atoms with E-state index < -0.39 is 6.18 Å². The molecule has 0 bridgehead atoms. The third-order valence-electron chi connectivity index (χ3n) is 2.70. The minimum atomic E-state index is -4.30. The van der Waals surface area contributed by atoms with Crippen LogP contribution in [0.2, 0.25) is 0 Å². The zero-order valence-electron chi connectivity index (χ0n) is 10.6. The first-order chi connectivity index (χ1) is 9.54. The molecule has 0 atom stereocenters. The molecule has 0 saturated heterocycles. The quantitative estimate of drug-likeness (QED) is 0.654. The zero-order chi connectivity index (χ0) is 14.4. The van der Waals surface area contributed by atoms with Crippen molar-refractivity contribution in [2.24, 2.45) is 0 Å². The maximum Gasteiger partial charge on any atom is 0.409 e. The summed E-state index contributed by atoms with van der Waals surface area (Å²) in [5, 5.41) is 0. The van der Waals surface area contributed by atoms with Crippen molar-refractivity contribution >= 4 is 18.2 Å². The topological polar surface area (TPSA) is 0 Å². The van der Waals surface area contributed by atoms with Crippen molar-refractivity contribution in [1.82, 2.24) is 0 Å². The number of rotatable bonds is 3. The summed E-state index contributed by atoms with van der Waals surface area (Å²) in [6, 6.07) is 16.6. The molecule has 0 N–H and O–H groups in total. The molecule has 0 amide bonds. The molecule has 0 heterocycles. The van der Waals surface area contributed by atoms with Crippen LogP contribution in [0, 0.1) is 0 Å². The van der Waals surface area contributed by atoms with Gasteiger partial charge in [-0.05, 0) is 22.8 Å². The lowest BCUT2D eigenvalue weighted by Crippen LogP contribution is -2.00. The molecule has 0 aliphatic rings. The summed E-state index contributed by atoms with van der Waals surface area (Å²) in [4.78, 5) is 0. The fourth-order valence-corrected chi connectivity index (χ4v) is 1.75. The summed E-state index contributed by atoms with van der Waals surface area (Å²) in [7, 11) is 0. The first-order valence-corrected chi connectivity index (χ1v) is 6.13. The standard InChI is InChI=1S/C17H13F3/c18-17(19,20)13-12-16-9-5-4-8-15(16)11-10-14-6-2-1-3-7-14/h1-13H. The average molecular weight is 274 g/mol. The Hall–Kier alpha value is -2.29. The van der Waals surface area contributed by atoms with Gasteiger partial charge in [-0.3, -0.25) is 0 Å². The molecule has 2 aromatic carbocycles. The highest BCUT2D eigenvalue weighted by atomic mass is 19.4. The second kappa shape index (κ2) is 6.24. The molecule has 20 heavy (non-hydrogen) atoms. The highest BCUT2D eigenvalue weighted by Crippen LogP contribution is 2.20. The Morgan fingerprint density at radius 1 is 0.650 bits per heavy atom. The van der Waals surface area contributed by atoms with Crippen molar-refractivity contribution in [2.45, 2.75) is 6.18 Å². The van der Waals surface area contributed by atoms with Crippen LogP contribution in [0.25, 0.3) is 18.2 Å². The average Bonchev–Trinajstić information content (AvgIpc) is 2.44. The van der Waals surface area contributed by atoms with Gasteiger partial charge in [0.25, 0.3) is 0 Å². The van der Waals surface area contributed by atoms with Crippen LogP contribution in [0.4, 0.5) is 13.2 Å². The van der Waals surface area contributed by atoms with Gasteiger partial charge < -0.3 is 0 Å². The second-order valence-corrected chi connectivity index (χ2v) is 4.25. The Kier molecular flexibility index (Phi) is 4.41. The predicted molar refractivity (Wildman–Crippen MR) is 76.9 cm³/mol. The van der Waals surface area contributed by atoms with Crippen LogP contribution in [0.5, 0.6) is 0 Å². The van der Waals surface area contributed by atoms with Crippen molar-refractivity contribution < 1.29 is 13.2 Å². The maximum atomic E-state index is 12.2. The molecule has 0 nitrogen and oxygen atoms in total.